The molecule has 1 N–H and O–H groups in total. The van der Waals surface area contributed by atoms with E-state index in [1.807, 2.05) is 35.6 Å². The third-order valence-corrected chi connectivity index (χ3v) is 2.02. The lowest BCUT2D eigenvalue weighted by Crippen LogP contribution is -2.05. The van der Waals surface area contributed by atoms with Gasteiger partial charge in [0.15, 0.2) is 0 Å². The van der Waals surface area contributed by atoms with Crippen molar-refractivity contribution in [2.45, 2.75) is 6.54 Å². The first-order valence-corrected chi connectivity index (χ1v) is 4.46. The van der Waals surface area contributed by atoms with Gasteiger partial charge >= 0.3 is 0 Å². The normalized spacial score (nSPS) is 10.7. The van der Waals surface area contributed by atoms with Crippen LogP contribution in [0.5, 0.6) is 0 Å². The highest BCUT2D eigenvalue weighted by Crippen LogP contribution is 2.04. The molecule has 0 radical (unpaired) electrons. The topological polar surface area (TPSA) is 47.7 Å². The second-order valence-corrected chi connectivity index (χ2v) is 3.14. The summed E-state index contributed by atoms with van der Waals surface area (Å²) < 4.78 is 3.86. The van der Waals surface area contributed by atoms with Crippen LogP contribution in [0.4, 0.5) is 0 Å². The van der Waals surface area contributed by atoms with Crippen molar-refractivity contribution in [1.82, 2.24) is 24.4 Å². The van der Waals surface area contributed by atoms with E-state index in [1.165, 1.54) is 0 Å². The lowest BCUT2D eigenvalue weighted by Gasteiger charge is -2.00. The van der Waals surface area contributed by atoms with Gasteiger partial charge in [-0.3, -0.25) is 4.57 Å². The minimum absolute atomic E-state index is 0.775. The number of aryl methyl sites for hydroxylation is 1. The quantitative estimate of drug-likeness (QED) is 0.760. The Morgan fingerprint density at radius 1 is 1.43 bits per heavy atom. The summed E-state index contributed by atoms with van der Waals surface area (Å²) in [5, 5.41) is 3.05. The van der Waals surface area contributed by atoms with Crippen molar-refractivity contribution in [3.63, 3.8) is 0 Å². The summed E-state index contributed by atoms with van der Waals surface area (Å²) in [7, 11) is 3.86. The van der Waals surface area contributed by atoms with Crippen LogP contribution >= 0.6 is 0 Å². The van der Waals surface area contributed by atoms with E-state index in [9.17, 15) is 0 Å². The fourth-order valence-electron chi connectivity index (χ4n) is 1.35. The molecule has 0 aromatic carbocycles. The monoisotopic (exact) mass is 191 g/mol. The minimum atomic E-state index is 0.775. The highest BCUT2D eigenvalue weighted by Gasteiger charge is 2.03. The smallest absolute Gasteiger partial charge is 0.214 e. The number of aromatic nitrogens is 4. The highest BCUT2D eigenvalue weighted by atomic mass is 15.2. The Balaban J connectivity index is 2.29. The van der Waals surface area contributed by atoms with Crippen LogP contribution in [0.15, 0.2) is 24.9 Å². The fourth-order valence-corrected chi connectivity index (χ4v) is 1.35. The van der Waals surface area contributed by atoms with Crippen molar-refractivity contribution < 1.29 is 0 Å². The van der Waals surface area contributed by atoms with Gasteiger partial charge in [0.1, 0.15) is 6.33 Å². The van der Waals surface area contributed by atoms with Crippen LogP contribution in [0.1, 0.15) is 5.69 Å². The van der Waals surface area contributed by atoms with Crippen LogP contribution in [-0.4, -0.2) is 26.1 Å². The van der Waals surface area contributed by atoms with Crippen molar-refractivity contribution >= 4 is 0 Å². The average molecular weight is 191 g/mol. The molecule has 0 amide bonds. The molecule has 2 heterocycles. The second-order valence-electron chi connectivity index (χ2n) is 3.14. The highest BCUT2D eigenvalue weighted by molar-refractivity contribution is 5.15. The van der Waals surface area contributed by atoms with E-state index in [0.29, 0.717) is 0 Å². The van der Waals surface area contributed by atoms with E-state index in [1.54, 1.807) is 12.5 Å². The molecule has 5 nitrogen and oxygen atoms in total. The molecule has 14 heavy (non-hydrogen) atoms. The molecule has 0 unspecified atom stereocenters. The minimum Gasteiger partial charge on any atom is -0.320 e. The first-order chi connectivity index (χ1) is 6.81. The molecular weight excluding hydrogens is 178 g/mol. The first kappa shape index (κ1) is 8.96. The third-order valence-electron chi connectivity index (χ3n) is 2.02. The summed E-state index contributed by atoms with van der Waals surface area (Å²) >= 11 is 0. The number of hydrogen-bond donors (Lipinski definition) is 1. The zero-order valence-electron chi connectivity index (χ0n) is 8.31. The summed E-state index contributed by atoms with van der Waals surface area (Å²) in [6.07, 6.45) is 7.42. The van der Waals surface area contributed by atoms with Gasteiger partial charge in [-0.15, -0.1) is 0 Å². The van der Waals surface area contributed by atoms with E-state index in [0.717, 1.165) is 18.2 Å². The zero-order valence-corrected chi connectivity index (χ0v) is 8.31. The Morgan fingerprint density at radius 3 is 2.93 bits per heavy atom. The molecule has 0 bridgehead atoms. The lowest BCUT2D eigenvalue weighted by atomic mass is 10.5. The van der Waals surface area contributed by atoms with E-state index < -0.39 is 0 Å². The molecule has 5 heteroatoms. The van der Waals surface area contributed by atoms with Crippen LogP contribution in [0, 0.1) is 0 Å². The van der Waals surface area contributed by atoms with Crippen molar-refractivity contribution in [1.29, 1.82) is 0 Å². The third kappa shape index (κ3) is 1.54. The van der Waals surface area contributed by atoms with Gasteiger partial charge in [0.05, 0.1) is 5.69 Å². The zero-order chi connectivity index (χ0) is 9.97. The van der Waals surface area contributed by atoms with Gasteiger partial charge in [-0.25, -0.2) is 9.97 Å². The van der Waals surface area contributed by atoms with Crippen molar-refractivity contribution in [2.75, 3.05) is 7.05 Å². The Bertz CT molecular complexity index is 414. The molecule has 0 spiro atoms. The molecule has 74 valence electrons. The van der Waals surface area contributed by atoms with Crippen LogP contribution in [0.2, 0.25) is 0 Å². The summed E-state index contributed by atoms with van der Waals surface area (Å²) in [5.41, 5.74) is 1.01. The average Bonchev–Trinajstić information content (AvgIpc) is 2.74. The van der Waals surface area contributed by atoms with Crippen LogP contribution < -0.4 is 5.32 Å². The van der Waals surface area contributed by atoms with E-state index in [2.05, 4.69) is 15.3 Å². The van der Waals surface area contributed by atoms with Gasteiger partial charge in [-0.1, -0.05) is 0 Å². The van der Waals surface area contributed by atoms with Gasteiger partial charge in [-0.2, -0.15) is 0 Å². The van der Waals surface area contributed by atoms with E-state index in [4.69, 9.17) is 0 Å². The Kier molecular flexibility index (Phi) is 2.32. The molecule has 0 aliphatic carbocycles. The maximum Gasteiger partial charge on any atom is 0.214 e. The molecule has 0 fully saturated rings. The van der Waals surface area contributed by atoms with Gasteiger partial charge in [0.2, 0.25) is 5.95 Å². The fraction of sp³-hybridized carbons (Fsp3) is 0.333. The number of hydrogen-bond acceptors (Lipinski definition) is 3. The van der Waals surface area contributed by atoms with Crippen molar-refractivity contribution in [2.24, 2.45) is 7.05 Å². The number of nitrogens with zero attached hydrogens (tertiary/aromatic N) is 4. The summed E-state index contributed by atoms with van der Waals surface area (Å²) in [4.78, 5) is 8.48. The maximum absolute atomic E-state index is 4.25. The molecule has 2 aromatic heterocycles. The summed E-state index contributed by atoms with van der Waals surface area (Å²) in [6, 6.07) is 0. The Labute approximate surface area is 82.4 Å². The number of imidazole rings is 2. The van der Waals surface area contributed by atoms with Crippen LogP contribution in [0.3, 0.4) is 0 Å². The standard InChI is InChI=1S/C9H13N5/c1-10-5-8-6-14(7-12-8)9-11-3-4-13(9)2/h3-4,6-7,10H,5H2,1-2H3. The van der Waals surface area contributed by atoms with Crippen molar-refractivity contribution in [3.05, 3.63) is 30.6 Å². The maximum atomic E-state index is 4.25. The van der Waals surface area contributed by atoms with Gasteiger partial charge in [-0.05, 0) is 7.05 Å². The van der Waals surface area contributed by atoms with Crippen LogP contribution in [0.25, 0.3) is 5.95 Å². The van der Waals surface area contributed by atoms with Crippen LogP contribution in [-0.2, 0) is 13.6 Å². The molecule has 0 atom stereocenters. The predicted molar refractivity (Wildman–Crippen MR) is 53.1 cm³/mol. The SMILES string of the molecule is CNCc1cn(-c2nccn2C)cn1. The summed E-state index contributed by atoms with van der Waals surface area (Å²) in [6.45, 7) is 0.775. The van der Waals surface area contributed by atoms with E-state index in [-0.39, 0.29) is 0 Å². The largest absolute Gasteiger partial charge is 0.320 e. The molecule has 0 saturated heterocycles. The molecule has 0 aliphatic heterocycles. The van der Waals surface area contributed by atoms with Gasteiger partial charge in [0.25, 0.3) is 0 Å². The molecule has 0 aliphatic rings. The second kappa shape index (κ2) is 3.63. The van der Waals surface area contributed by atoms with E-state index >= 15 is 0 Å². The van der Waals surface area contributed by atoms with Gasteiger partial charge < -0.3 is 9.88 Å². The molecule has 0 saturated carbocycles. The first-order valence-electron chi connectivity index (χ1n) is 4.46. The predicted octanol–water partition coefficient (Wildman–Crippen LogP) is 0.325. The Morgan fingerprint density at radius 2 is 2.29 bits per heavy atom. The molecule has 2 rings (SSSR count). The molecule has 2 aromatic rings. The number of rotatable bonds is 3. The van der Waals surface area contributed by atoms with Gasteiger partial charge in [0, 0.05) is 32.2 Å². The summed E-state index contributed by atoms with van der Waals surface area (Å²) in [5.74, 6) is 0.875. The number of nitrogens with one attached hydrogen (secondary N) is 1. The van der Waals surface area contributed by atoms with Crippen molar-refractivity contribution in [3.8, 4) is 5.95 Å². The lowest BCUT2D eigenvalue weighted by molar-refractivity contribution is 0.793. The molecular formula is C9H13N5. The Hall–Kier alpha value is -1.62.